The van der Waals surface area contributed by atoms with Crippen LogP contribution in [0, 0.1) is 0 Å². The third-order valence-corrected chi connectivity index (χ3v) is 6.42. The van der Waals surface area contributed by atoms with Crippen LogP contribution in [0.1, 0.15) is 65.9 Å². The third-order valence-electron chi connectivity index (χ3n) is 6.42. The highest BCUT2D eigenvalue weighted by atomic mass is 19.4. The van der Waals surface area contributed by atoms with Crippen LogP contribution >= 0.6 is 0 Å². The first-order valence-corrected chi connectivity index (χ1v) is 11.1. The number of carbonyl (C=O) groups is 1. The molecule has 3 aromatic rings. The fourth-order valence-corrected chi connectivity index (χ4v) is 4.81. The number of benzene rings is 1. The molecule has 8 heteroatoms. The summed E-state index contributed by atoms with van der Waals surface area (Å²) < 4.78 is 47.8. The van der Waals surface area contributed by atoms with Gasteiger partial charge in [-0.25, -0.2) is 4.68 Å². The van der Waals surface area contributed by atoms with Crippen LogP contribution in [0.4, 0.5) is 13.2 Å². The number of fused-ring (bicyclic) bond motifs is 3. The van der Waals surface area contributed by atoms with Crippen molar-refractivity contribution in [1.82, 2.24) is 15.1 Å². The average Bonchev–Trinajstić information content (AvgIpc) is 3.32. The molecule has 168 valence electrons. The lowest BCUT2D eigenvalue weighted by atomic mass is 9.94. The van der Waals surface area contributed by atoms with Crippen LogP contribution in [0.5, 0.6) is 0 Å². The summed E-state index contributed by atoms with van der Waals surface area (Å²) >= 11 is 0. The SMILES string of the molecule is O=C(NC1CCCCCC1)c1ccc(-n2nc(C(F)(F)F)c3c2-c2ccoc2CC3)cc1. The summed E-state index contributed by atoms with van der Waals surface area (Å²) in [7, 11) is 0. The molecule has 0 unspecified atom stereocenters. The van der Waals surface area contributed by atoms with E-state index in [1.54, 1.807) is 30.3 Å². The van der Waals surface area contributed by atoms with Crippen molar-refractivity contribution in [3.63, 3.8) is 0 Å². The van der Waals surface area contributed by atoms with Crippen molar-refractivity contribution >= 4 is 5.91 Å². The highest BCUT2D eigenvalue weighted by molar-refractivity contribution is 5.94. The van der Waals surface area contributed by atoms with Gasteiger partial charge >= 0.3 is 6.18 Å². The molecule has 32 heavy (non-hydrogen) atoms. The van der Waals surface area contributed by atoms with E-state index in [0.717, 1.165) is 25.7 Å². The Hall–Kier alpha value is -3.03. The monoisotopic (exact) mass is 443 g/mol. The van der Waals surface area contributed by atoms with Crippen LogP contribution in [0.15, 0.2) is 41.0 Å². The normalized spacial score (nSPS) is 16.8. The molecule has 0 radical (unpaired) electrons. The molecule has 2 aliphatic rings. The third kappa shape index (κ3) is 3.82. The molecule has 1 aromatic carbocycles. The van der Waals surface area contributed by atoms with Crippen LogP contribution in [0.2, 0.25) is 0 Å². The second kappa shape index (κ2) is 8.15. The molecule has 2 heterocycles. The highest BCUT2D eigenvalue weighted by Gasteiger charge is 2.41. The van der Waals surface area contributed by atoms with Crippen molar-refractivity contribution in [2.45, 2.75) is 63.6 Å². The van der Waals surface area contributed by atoms with Crippen molar-refractivity contribution in [3.8, 4) is 16.9 Å². The number of nitrogens with zero attached hydrogens (tertiary/aromatic N) is 2. The maximum Gasteiger partial charge on any atom is 0.435 e. The number of halogens is 3. The van der Waals surface area contributed by atoms with Crippen molar-refractivity contribution in [2.75, 3.05) is 0 Å². The largest absolute Gasteiger partial charge is 0.469 e. The Morgan fingerprint density at radius 1 is 1.03 bits per heavy atom. The number of aryl methyl sites for hydroxylation is 1. The topological polar surface area (TPSA) is 60.1 Å². The van der Waals surface area contributed by atoms with Gasteiger partial charge in [-0.3, -0.25) is 4.79 Å². The number of amides is 1. The van der Waals surface area contributed by atoms with Gasteiger partial charge in [0.05, 0.1) is 17.6 Å². The number of rotatable bonds is 3. The Morgan fingerprint density at radius 3 is 2.44 bits per heavy atom. The van der Waals surface area contributed by atoms with Crippen molar-refractivity contribution in [3.05, 3.63) is 59.2 Å². The molecule has 5 rings (SSSR count). The van der Waals surface area contributed by atoms with Gasteiger partial charge in [0.25, 0.3) is 5.91 Å². The average molecular weight is 443 g/mol. The summed E-state index contributed by atoms with van der Waals surface area (Å²) in [6.45, 7) is 0. The molecule has 2 aliphatic carbocycles. The lowest BCUT2D eigenvalue weighted by Gasteiger charge is -2.17. The summed E-state index contributed by atoms with van der Waals surface area (Å²) in [5, 5.41) is 7.04. The van der Waals surface area contributed by atoms with Crippen LogP contribution in [0.25, 0.3) is 16.9 Å². The van der Waals surface area contributed by atoms with Crippen LogP contribution in [-0.4, -0.2) is 21.7 Å². The lowest BCUT2D eigenvalue weighted by molar-refractivity contribution is -0.142. The highest BCUT2D eigenvalue weighted by Crippen LogP contribution is 2.42. The quantitative estimate of drug-likeness (QED) is 0.528. The molecular weight excluding hydrogens is 419 g/mol. The molecule has 0 saturated heterocycles. The Kier molecular flexibility index (Phi) is 5.31. The molecule has 5 nitrogen and oxygen atoms in total. The maximum absolute atomic E-state index is 13.7. The Labute approximate surface area is 183 Å². The predicted molar refractivity (Wildman–Crippen MR) is 113 cm³/mol. The van der Waals surface area contributed by atoms with E-state index < -0.39 is 11.9 Å². The van der Waals surface area contributed by atoms with Gasteiger partial charge in [0.1, 0.15) is 5.76 Å². The van der Waals surface area contributed by atoms with Crippen LogP contribution in [-0.2, 0) is 19.0 Å². The first-order chi connectivity index (χ1) is 15.4. The van der Waals surface area contributed by atoms with Gasteiger partial charge in [-0.05, 0) is 49.6 Å². The standard InChI is InChI=1S/C24H24F3N3O2/c25-24(26,27)22-19-11-12-20-18(13-14-32-20)21(19)30(29-22)17-9-7-15(8-10-17)23(31)28-16-5-3-1-2-4-6-16/h7-10,13-14,16H,1-6,11-12H2,(H,28,31). The molecule has 1 saturated carbocycles. The molecule has 1 N–H and O–H groups in total. The smallest absolute Gasteiger partial charge is 0.435 e. The molecule has 1 amide bonds. The fraction of sp³-hybridized carbons (Fsp3) is 0.417. The number of aromatic nitrogens is 2. The summed E-state index contributed by atoms with van der Waals surface area (Å²) in [6.07, 6.45) is 4.17. The first-order valence-electron chi connectivity index (χ1n) is 11.1. The van der Waals surface area contributed by atoms with E-state index in [-0.39, 0.29) is 23.9 Å². The van der Waals surface area contributed by atoms with Crippen molar-refractivity contribution in [2.24, 2.45) is 0 Å². The van der Waals surface area contributed by atoms with Crippen molar-refractivity contribution < 1.29 is 22.4 Å². The Morgan fingerprint density at radius 2 is 1.75 bits per heavy atom. The minimum Gasteiger partial charge on any atom is -0.469 e. The second-order valence-corrected chi connectivity index (χ2v) is 8.55. The van der Waals surface area contributed by atoms with Gasteiger partial charge in [-0.2, -0.15) is 18.3 Å². The zero-order valence-electron chi connectivity index (χ0n) is 17.5. The van der Waals surface area contributed by atoms with Gasteiger partial charge in [0.15, 0.2) is 5.69 Å². The Balaban J connectivity index is 1.46. The maximum atomic E-state index is 13.7. The van der Waals surface area contributed by atoms with E-state index in [1.165, 1.54) is 23.8 Å². The summed E-state index contributed by atoms with van der Waals surface area (Å²) in [4.78, 5) is 12.7. The van der Waals surface area contributed by atoms with Gasteiger partial charge in [0.2, 0.25) is 0 Å². The van der Waals surface area contributed by atoms with E-state index in [4.69, 9.17) is 4.42 Å². The summed E-state index contributed by atoms with van der Waals surface area (Å²) in [5.41, 5.74) is 1.31. The molecule has 0 atom stereocenters. The number of hydrogen-bond donors (Lipinski definition) is 1. The minimum absolute atomic E-state index is 0.154. The van der Waals surface area contributed by atoms with E-state index in [0.29, 0.717) is 34.7 Å². The summed E-state index contributed by atoms with van der Waals surface area (Å²) in [5.74, 6) is 0.505. The van der Waals surface area contributed by atoms with Crippen LogP contribution < -0.4 is 5.32 Å². The van der Waals surface area contributed by atoms with Gasteiger partial charge in [-0.1, -0.05) is 25.7 Å². The molecular formula is C24H24F3N3O2. The molecule has 0 aliphatic heterocycles. The van der Waals surface area contributed by atoms with Gasteiger partial charge in [-0.15, -0.1) is 0 Å². The minimum atomic E-state index is -4.55. The number of carbonyl (C=O) groups excluding carboxylic acids is 1. The van der Waals surface area contributed by atoms with E-state index in [1.807, 2.05) is 0 Å². The van der Waals surface area contributed by atoms with E-state index in [2.05, 4.69) is 10.4 Å². The zero-order chi connectivity index (χ0) is 22.3. The molecule has 1 fully saturated rings. The molecule has 0 spiro atoms. The zero-order valence-corrected chi connectivity index (χ0v) is 17.5. The van der Waals surface area contributed by atoms with E-state index in [9.17, 15) is 18.0 Å². The predicted octanol–water partition coefficient (Wildman–Crippen LogP) is 5.70. The van der Waals surface area contributed by atoms with Gasteiger partial charge < -0.3 is 9.73 Å². The number of hydrogen-bond acceptors (Lipinski definition) is 3. The van der Waals surface area contributed by atoms with Crippen molar-refractivity contribution in [1.29, 1.82) is 0 Å². The van der Waals surface area contributed by atoms with Gasteiger partial charge in [0, 0.05) is 29.2 Å². The molecule has 2 aromatic heterocycles. The summed E-state index contributed by atoms with van der Waals surface area (Å²) in [6, 6.07) is 8.42. The fourth-order valence-electron chi connectivity index (χ4n) is 4.81. The van der Waals surface area contributed by atoms with E-state index >= 15 is 0 Å². The lowest BCUT2D eigenvalue weighted by Crippen LogP contribution is -2.34. The van der Waals surface area contributed by atoms with Crippen LogP contribution in [0.3, 0.4) is 0 Å². The first kappa shape index (κ1) is 20.8. The number of alkyl halides is 3. The molecule has 0 bridgehead atoms. The second-order valence-electron chi connectivity index (χ2n) is 8.55. The number of nitrogens with one attached hydrogen (secondary N) is 1. The Bertz CT molecular complexity index is 1120. The number of furan rings is 1.